The van der Waals surface area contributed by atoms with Crippen LogP contribution in [0.5, 0.6) is 0 Å². The largest absolute Gasteiger partial charge is 0.313 e. The molecule has 0 saturated heterocycles. The lowest BCUT2D eigenvalue weighted by Gasteiger charge is -2.03. The van der Waals surface area contributed by atoms with Gasteiger partial charge in [-0.05, 0) is 19.9 Å². The maximum Gasteiger partial charge on any atom is 0.102 e. The van der Waals surface area contributed by atoms with Crippen molar-refractivity contribution in [3.63, 3.8) is 0 Å². The van der Waals surface area contributed by atoms with Gasteiger partial charge in [0.2, 0.25) is 0 Å². The molecule has 0 radical (unpaired) electrons. The van der Waals surface area contributed by atoms with Gasteiger partial charge in [-0.1, -0.05) is 12.8 Å². The molecule has 1 rings (SSSR count). The van der Waals surface area contributed by atoms with Crippen LogP contribution < -0.4 is 5.32 Å². The lowest BCUT2D eigenvalue weighted by atomic mass is 10.2. The smallest absolute Gasteiger partial charge is 0.102 e. The Kier molecular flexibility index (Phi) is 4.21. The Labute approximate surface area is 85.5 Å². The van der Waals surface area contributed by atoms with Gasteiger partial charge in [0.1, 0.15) is 6.54 Å². The molecule has 14 heavy (non-hydrogen) atoms. The molecule has 0 aliphatic heterocycles. The van der Waals surface area contributed by atoms with Crippen LogP contribution in [0.1, 0.15) is 24.6 Å². The maximum absolute atomic E-state index is 5.23. The van der Waals surface area contributed by atoms with Gasteiger partial charge in [0.25, 0.3) is 0 Å². The number of nitrogens with zero attached hydrogens (tertiary/aromatic N) is 2. The van der Waals surface area contributed by atoms with Crippen molar-refractivity contribution >= 4 is 0 Å². The summed E-state index contributed by atoms with van der Waals surface area (Å²) in [6.07, 6.45) is 8.27. The lowest BCUT2D eigenvalue weighted by Crippen LogP contribution is -2.14. The molecule has 0 amide bonds. The van der Waals surface area contributed by atoms with Crippen LogP contribution in [-0.2, 0) is 13.1 Å². The molecule has 76 valence electrons. The third-order valence-corrected chi connectivity index (χ3v) is 2.19. The average molecular weight is 191 g/mol. The van der Waals surface area contributed by atoms with Crippen molar-refractivity contribution in [2.24, 2.45) is 0 Å². The van der Waals surface area contributed by atoms with Crippen LogP contribution in [0.25, 0.3) is 0 Å². The Balaban J connectivity index is 2.56. The summed E-state index contributed by atoms with van der Waals surface area (Å²) in [5.74, 6) is 2.59. The molecule has 0 saturated carbocycles. The Bertz CT molecular complexity index is 320. The summed E-state index contributed by atoms with van der Waals surface area (Å²) >= 11 is 0. The molecule has 1 aromatic heterocycles. The van der Waals surface area contributed by atoms with E-state index in [2.05, 4.69) is 23.3 Å². The zero-order valence-corrected chi connectivity index (χ0v) is 8.88. The highest BCUT2D eigenvalue weighted by atomic mass is 15.3. The Hall–Kier alpha value is -1.27. The summed E-state index contributed by atoms with van der Waals surface area (Å²) < 4.78 is 1.85. The van der Waals surface area contributed by atoms with Gasteiger partial charge in [0, 0.05) is 17.8 Å². The third-order valence-electron chi connectivity index (χ3n) is 2.19. The molecule has 3 heteroatoms. The third kappa shape index (κ3) is 2.61. The monoisotopic (exact) mass is 191 g/mol. The van der Waals surface area contributed by atoms with E-state index < -0.39 is 0 Å². The van der Waals surface area contributed by atoms with E-state index in [1.54, 1.807) is 0 Å². The van der Waals surface area contributed by atoms with Crippen LogP contribution >= 0.6 is 0 Å². The number of hydrogen-bond acceptors (Lipinski definition) is 2. The van der Waals surface area contributed by atoms with Crippen molar-refractivity contribution in [1.29, 1.82) is 0 Å². The van der Waals surface area contributed by atoms with E-state index in [0.717, 1.165) is 25.2 Å². The fraction of sp³-hybridized carbons (Fsp3) is 0.545. The highest BCUT2D eigenvalue weighted by Gasteiger charge is 2.03. The van der Waals surface area contributed by atoms with Crippen LogP contribution in [0.15, 0.2) is 6.20 Å². The molecule has 3 nitrogen and oxygen atoms in total. The number of nitrogens with one attached hydrogen (secondary N) is 1. The zero-order valence-electron chi connectivity index (χ0n) is 8.88. The molecule has 0 bridgehead atoms. The number of aromatic nitrogens is 2. The molecule has 1 N–H and O–H groups in total. The summed E-state index contributed by atoms with van der Waals surface area (Å²) in [6.45, 7) is 6.68. The first-order valence-electron chi connectivity index (χ1n) is 4.95. The van der Waals surface area contributed by atoms with Crippen molar-refractivity contribution in [1.82, 2.24) is 15.1 Å². The summed E-state index contributed by atoms with van der Waals surface area (Å²) in [4.78, 5) is 0. The molecule has 0 fully saturated rings. The van der Waals surface area contributed by atoms with Crippen LogP contribution in [-0.4, -0.2) is 16.3 Å². The van der Waals surface area contributed by atoms with Crippen LogP contribution in [0.3, 0.4) is 0 Å². The van der Waals surface area contributed by atoms with E-state index in [1.807, 2.05) is 17.8 Å². The second-order valence-electron chi connectivity index (χ2n) is 3.29. The van der Waals surface area contributed by atoms with Crippen molar-refractivity contribution < 1.29 is 0 Å². The average Bonchev–Trinajstić information content (AvgIpc) is 2.51. The first kappa shape index (κ1) is 10.8. The van der Waals surface area contributed by atoms with Gasteiger partial charge in [-0.25, -0.2) is 0 Å². The molecule has 0 aromatic carbocycles. The van der Waals surface area contributed by atoms with Crippen molar-refractivity contribution in [2.75, 3.05) is 6.54 Å². The minimum atomic E-state index is 0.555. The van der Waals surface area contributed by atoms with Crippen LogP contribution in [0.4, 0.5) is 0 Å². The van der Waals surface area contributed by atoms with E-state index in [-0.39, 0.29) is 0 Å². The SMILES string of the molecule is C#CCn1ncc(CNCCC)c1C. The Morgan fingerprint density at radius 3 is 3.07 bits per heavy atom. The molecule has 1 aromatic rings. The lowest BCUT2D eigenvalue weighted by molar-refractivity contribution is 0.663. The maximum atomic E-state index is 5.23. The fourth-order valence-corrected chi connectivity index (χ4v) is 1.30. The Morgan fingerprint density at radius 2 is 2.43 bits per heavy atom. The van der Waals surface area contributed by atoms with E-state index >= 15 is 0 Å². The fourth-order valence-electron chi connectivity index (χ4n) is 1.30. The first-order chi connectivity index (χ1) is 6.79. The summed E-state index contributed by atoms with van der Waals surface area (Å²) in [5.41, 5.74) is 2.39. The van der Waals surface area contributed by atoms with Crippen LogP contribution in [0.2, 0.25) is 0 Å². The van der Waals surface area contributed by atoms with Crippen molar-refractivity contribution in [2.45, 2.75) is 33.4 Å². The topological polar surface area (TPSA) is 29.9 Å². The zero-order chi connectivity index (χ0) is 10.4. The normalized spacial score (nSPS) is 10.1. The minimum Gasteiger partial charge on any atom is -0.313 e. The summed E-state index contributed by atoms with van der Waals surface area (Å²) in [7, 11) is 0. The minimum absolute atomic E-state index is 0.555. The number of terminal acetylenes is 1. The van der Waals surface area contributed by atoms with Gasteiger partial charge >= 0.3 is 0 Å². The van der Waals surface area contributed by atoms with Gasteiger partial charge in [-0.3, -0.25) is 4.68 Å². The molecular formula is C11H17N3. The van der Waals surface area contributed by atoms with Crippen molar-refractivity contribution in [3.05, 3.63) is 17.5 Å². The van der Waals surface area contributed by atoms with Crippen LogP contribution in [0, 0.1) is 19.3 Å². The van der Waals surface area contributed by atoms with E-state index in [0.29, 0.717) is 6.54 Å². The predicted molar refractivity (Wildman–Crippen MR) is 57.8 cm³/mol. The second-order valence-corrected chi connectivity index (χ2v) is 3.29. The molecule has 0 atom stereocenters. The van der Waals surface area contributed by atoms with E-state index in [1.165, 1.54) is 5.56 Å². The molecule has 1 heterocycles. The second kappa shape index (κ2) is 5.46. The quantitative estimate of drug-likeness (QED) is 0.562. The molecule has 0 aliphatic carbocycles. The highest BCUT2D eigenvalue weighted by Crippen LogP contribution is 2.06. The molecular weight excluding hydrogens is 174 g/mol. The molecule has 0 unspecified atom stereocenters. The summed E-state index contributed by atoms with van der Waals surface area (Å²) in [6, 6.07) is 0. The number of hydrogen-bond donors (Lipinski definition) is 1. The highest BCUT2D eigenvalue weighted by molar-refractivity contribution is 5.16. The molecule has 0 spiro atoms. The van der Waals surface area contributed by atoms with E-state index in [9.17, 15) is 0 Å². The van der Waals surface area contributed by atoms with Gasteiger partial charge in [0.05, 0.1) is 6.20 Å². The first-order valence-corrected chi connectivity index (χ1v) is 4.95. The van der Waals surface area contributed by atoms with Gasteiger partial charge in [-0.2, -0.15) is 5.10 Å². The Morgan fingerprint density at radius 1 is 1.64 bits per heavy atom. The van der Waals surface area contributed by atoms with Crippen molar-refractivity contribution in [3.8, 4) is 12.3 Å². The molecule has 0 aliphatic rings. The number of rotatable bonds is 5. The van der Waals surface area contributed by atoms with Gasteiger partial charge < -0.3 is 5.32 Å². The standard InChI is InChI=1S/C11H17N3/c1-4-6-12-8-11-9-13-14(7-5-2)10(11)3/h2,9,12H,4,6-8H2,1,3H3. The van der Waals surface area contributed by atoms with E-state index in [4.69, 9.17) is 6.42 Å². The predicted octanol–water partition coefficient (Wildman–Crippen LogP) is 1.32. The summed E-state index contributed by atoms with van der Waals surface area (Å²) in [5, 5.41) is 7.56. The van der Waals surface area contributed by atoms with Gasteiger partial charge in [-0.15, -0.1) is 6.42 Å². The van der Waals surface area contributed by atoms with Gasteiger partial charge in [0.15, 0.2) is 0 Å².